The lowest BCUT2D eigenvalue weighted by Crippen LogP contribution is -2.53. The van der Waals surface area contributed by atoms with Gasteiger partial charge in [0.1, 0.15) is 0 Å². The van der Waals surface area contributed by atoms with Crippen molar-refractivity contribution in [2.24, 2.45) is 11.8 Å². The van der Waals surface area contributed by atoms with E-state index < -0.39 is 0 Å². The summed E-state index contributed by atoms with van der Waals surface area (Å²) >= 11 is 0. The molecule has 0 amide bonds. The highest BCUT2D eigenvalue weighted by Gasteiger charge is 2.29. The van der Waals surface area contributed by atoms with Crippen molar-refractivity contribution in [2.75, 3.05) is 32.7 Å². The summed E-state index contributed by atoms with van der Waals surface area (Å²) in [7, 11) is 0. The molecule has 0 bridgehead atoms. The molecule has 3 aliphatic rings. The van der Waals surface area contributed by atoms with Crippen LogP contribution in [0, 0.1) is 11.8 Å². The number of allylic oxidation sites excluding steroid dienone is 2. The SMILES string of the molecule is C[C@H]1CCCC[C@@H]1N1CCN(C[C@@H]2CC=CCC2)CC1. The fourth-order valence-corrected chi connectivity index (χ4v) is 4.50. The van der Waals surface area contributed by atoms with Crippen molar-refractivity contribution < 1.29 is 0 Å². The molecule has 2 fully saturated rings. The van der Waals surface area contributed by atoms with E-state index in [4.69, 9.17) is 0 Å². The van der Waals surface area contributed by atoms with Crippen LogP contribution in [-0.4, -0.2) is 48.6 Å². The molecule has 2 nitrogen and oxygen atoms in total. The largest absolute Gasteiger partial charge is 0.301 e. The summed E-state index contributed by atoms with van der Waals surface area (Å²) in [6.07, 6.45) is 14.6. The number of hydrogen-bond acceptors (Lipinski definition) is 2. The van der Waals surface area contributed by atoms with E-state index in [0.717, 1.165) is 17.9 Å². The molecule has 0 aromatic carbocycles. The Balaban J connectivity index is 1.43. The lowest BCUT2D eigenvalue weighted by Gasteiger charge is -2.44. The fourth-order valence-electron chi connectivity index (χ4n) is 4.50. The molecular formula is C18H32N2. The second-order valence-electron chi connectivity index (χ2n) is 7.32. The Labute approximate surface area is 125 Å². The van der Waals surface area contributed by atoms with E-state index in [9.17, 15) is 0 Å². The summed E-state index contributed by atoms with van der Waals surface area (Å²) < 4.78 is 0. The summed E-state index contributed by atoms with van der Waals surface area (Å²) in [6.45, 7) is 9.07. The van der Waals surface area contributed by atoms with Crippen LogP contribution in [0.4, 0.5) is 0 Å². The van der Waals surface area contributed by atoms with Crippen molar-refractivity contribution >= 4 is 0 Å². The van der Waals surface area contributed by atoms with E-state index in [0.29, 0.717) is 0 Å². The van der Waals surface area contributed by atoms with Gasteiger partial charge in [0.05, 0.1) is 0 Å². The fraction of sp³-hybridized carbons (Fsp3) is 0.889. The molecule has 20 heavy (non-hydrogen) atoms. The second-order valence-corrected chi connectivity index (χ2v) is 7.32. The third-order valence-corrected chi connectivity index (χ3v) is 5.84. The first kappa shape index (κ1) is 14.6. The Bertz CT molecular complexity index is 317. The molecule has 0 aromatic heterocycles. The smallest absolute Gasteiger partial charge is 0.0122 e. The van der Waals surface area contributed by atoms with Gasteiger partial charge in [-0.25, -0.2) is 0 Å². The van der Waals surface area contributed by atoms with Crippen LogP contribution in [0.1, 0.15) is 51.9 Å². The van der Waals surface area contributed by atoms with Crippen molar-refractivity contribution in [3.63, 3.8) is 0 Å². The molecule has 0 aromatic rings. The standard InChI is InChI=1S/C18H32N2/c1-16-7-5-6-10-18(16)20-13-11-19(12-14-20)15-17-8-3-2-4-9-17/h2-3,16-18H,4-15H2,1H3/t16-,17+,18-/m0/s1. The summed E-state index contributed by atoms with van der Waals surface area (Å²) in [6, 6.07) is 0.892. The van der Waals surface area contributed by atoms with Gasteiger partial charge in [-0.15, -0.1) is 0 Å². The Hall–Kier alpha value is -0.340. The molecule has 1 aliphatic heterocycles. The van der Waals surface area contributed by atoms with E-state index in [1.807, 2.05) is 0 Å². The molecule has 0 spiro atoms. The van der Waals surface area contributed by atoms with Gasteiger partial charge in [-0.3, -0.25) is 4.90 Å². The highest BCUT2D eigenvalue weighted by molar-refractivity contribution is 4.92. The van der Waals surface area contributed by atoms with E-state index in [-0.39, 0.29) is 0 Å². The summed E-state index contributed by atoms with van der Waals surface area (Å²) in [5.41, 5.74) is 0. The molecule has 0 N–H and O–H groups in total. The normalized spacial score (nSPS) is 37.1. The first-order chi connectivity index (χ1) is 9.83. The van der Waals surface area contributed by atoms with Crippen LogP contribution >= 0.6 is 0 Å². The third-order valence-electron chi connectivity index (χ3n) is 5.84. The van der Waals surface area contributed by atoms with Crippen LogP contribution in [0.25, 0.3) is 0 Å². The summed E-state index contributed by atoms with van der Waals surface area (Å²) in [5, 5.41) is 0. The van der Waals surface area contributed by atoms with Crippen LogP contribution in [0.15, 0.2) is 12.2 Å². The molecule has 1 saturated carbocycles. The van der Waals surface area contributed by atoms with Crippen molar-refractivity contribution in [3.05, 3.63) is 12.2 Å². The first-order valence-corrected chi connectivity index (χ1v) is 8.94. The molecule has 2 heteroatoms. The van der Waals surface area contributed by atoms with Gasteiger partial charge in [-0.1, -0.05) is 31.9 Å². The van der Waals surface area contributed by atoms with E-state index in [1.54, 1.807) is 0 Å². The zero-order valence-corrected chi connectivity index (χ0v) is 13.3. The van der Waals surface area contributed by atoms with Gasteiger partial charge in [0.2, 0.25) is 0 Å². The summed E-state index contributed by atoms with van der Waals surface area (Å²) in [4.78, 5) is 5.54. The van der Waals surface area contributed by atoms with Crippen LogP contribution in [-0.2, 0) is 0 Å². The predicted molar refractivity (Wildman–Crippen MR) is 85.9 cm³/mol. The van der Waals surface area contributed by atoms with Gasteiger partial charge >= 0.3 is 0 Å². The minimum atomic E-state index is 0.892. The van der Waals surface area contributed by atoms with Crippen LogP contribution in [0.2, 0.25) is 0 Å². The Morgan fingerprint density at radius 2 is 1.75 bits per heavy atom. The van der Waals surface area contributed by atoms with Crippen molar-refractivity contribution in [3.8, 4) is 0 Å². The molecule has 3 rings (SSSR count). The topological polar surface area (TPSA) is 6.48 Å². The minimum absolute atomic E-state index is 0.892. The van der Waals surface area contributed by atoms with Crippen LogP contribution in [0.3, 0.4) is 0 Å². The quantitative estimate of drug-likeness (QED) is 0.728. The number of piperazine rings is 1. The lowest BCUT2D eigenvalue weighted by molar-refractivity contribution is 0.0481. The van der Waals surface area contributed by atoms with Crippen LogP contribution < -0.4 is 0 Å². The van der Waals surface area contributed by atoms with Gasteiger partial charge in [0.15, 0.2) is 0 Å². The highest BCUT2D eigenvalue weighted by Crippen LogP contribution is 2.29. The van der Waals surface area contributed by atoms with E-state index in [2.05, 4.69) is 28.9 Å². The molecular weight excluding hydrogens is 244 g/mol. The van der Waals surface area contributed by atoms with Gasteiger partial charge in [-0.05, 0) is 43.9 Å². The molecule has 0 unspecified atom stereocenters. The Kier molecular flexibility index (Phi) is 5.17. The van der Waals surface area contributed by atoms with E-state index >= 15 is 0 Å². The maximum Gasteiger partial charge on any atom is 0.0122 e. The molecule has 1 heterocycles. The van der Waals surface area contributed by atoms with Crippen LogP contribution in [0.5, 0.6) is 0 Å². The molecule has 114 valence electrons. The van der Waals surface area contributed by atoms with Gasteiger partial charge in [-0.2, -0.15) is 0 Å². The Morgan fingerprint density at radius 3 is 2.45 bits per heavy atom. The first-order valence-electron chi connectivity index (χ1n) is 8.94. The zero-order chi connectivity index (χ0) is 13.8. The monoisotopic (exact) mass is 276 g/mol. The number of rotatable bonds is 3. The average Bonchev–Trinajstić information content (AvgIpc) is 2.50. The van der Waals surface area contributed by atoms with Crippen molar-refractivity contribution in [1.29, 1.82) is 0 Å². The average molecular weight is 276 g/mol. The lowest BCUT2D eigenvalue weighted by atomic mass is 9.84. The second kappa shape index (κ2) is 7.09. The molecule has 3 atom stereocenters. The maximum absolute atomic E-state index is 2.81. The molecule has 1 saturated heterocycles. The number of nitrogens with zero attached hydrogens (tertiary/aromatic N) is 2. The van der Waals surface area contributed by atoms with Gasteiger partial charge in [0, 0.05) is 38.8 Å². The summed E-state index contributed by atoms with van der Waals surface area (Å²) in [5.74, 6) is 1.86. The maximum atomic E-state index is 2.81. The van der Waals surface area contributed by atoms with E-state index in [1.165, 1.54) is 77.7 Å². The van der Waals surface area contributed by atoms with Gasteiger partial charge in [0.25, 0.3) is 0 Å². The van der Waals surface area contributed by atoms with Crippen molar-refractivity contribution in [2.45, 2.75) is 57.9 Å². The van der Waals surface area contributed by atoms with Crippen molar-refractivity contribution in [1.82, 2.24) is 9.80 Å². The molecule has 0 radical (unpaired) electrons. The van der Waals surface area contributed by atoms with Gasteiger partial charge < -0.3 is 4.90 Å². The zero-order valence-electron chi connectivity index (χ0n) is 13.3. The third kappa shape index (κ3) is 3.65. The number of hydrogen-bond donors (Lipinski definition) is 0. The predicted octanol–water partition coefficient (Wildman–Crippen LogP) is 3.54. The highest BCUT2D eigenvalue weighted by atomic mass is 15.3. The Morgan fingerprint density at radius 1 is 0.950 bits per heavy atom. The molecule has 2 aliphatic carbocycles. The minimum Gasteiger partial charge on any atom is -0.301 e.